The predicted molar refractivity (Wildman–Crippen MR) is 115 cm³/mol. The number of amides is 1. The van der Waals surface area contributed by atoms with Gasteiger partial charge in [0.05, 0.1) is 11.2 Å². The molecule has 3 aromatic heterocycles. The van der Waals surface area contributed by atoms with Gasteiger partial charge in [0.1, 0.15) is 11.5 Å². The summed E-state index contributed by atoms with van der Waals surface area (Å²) in [6, 6.07) is 10.2. The number of rotatable bonds is 6. The van der Waals surface area contributed by atoms with Gasteiger partial charge in [-0.3, -0.25) is 24.7 Å². The average molecular weight is 434 g/mol. The van der Waals surface area contributed by atoms with Gasteiger partial charge in [0.2, 0.25) is 5.95 Å². The Hall–Kier alpha value is -4.54. The molecule has 1 aromatic carbocycles. The molecule has 0 saturated carbocycles. The molecule has 1 amide bonds. The van der Waals surface area contributed by atoms with Crippen LogP contribution < -0.4 is 10.9 Å². The number of nitrogens with zero attached hydrogens (tertiary/aromatic N) is 4. The minimum absolute atomic E-state index is 0.125. The Morgan fingerprint density at radius 1 is 1.28 bits per heavy atom. The van der Waals surface area contributed by atoms with Crippen LogP contribution in [0.15, 0.2) is 57.9 Å². The number of non-ortho nitro benzene ring substituents is 1. The lowest BCUT2D eigenvalue weighted by Gasteiger charge is -2.10. The van der Waals surface area contributed by atoms with Gasteiger partial charge in [-0.1, -0.05) is 6.92 Å². The molecule has 3 heterocycles. The van der Waals surface area contributed by atoms with E-state index in [1.165, 1.54) is 35.2 Å². The third kappa shape index (κ3) is 3.90. The molecule has 11 heteroatoms. The van der Waals surface area contributed by atoms with Gasteiger partial charge >= 0.3 is 0 Å². The van der Waals surface area contributed by atoms with Gasteiger partial charge in [0, 0.05) is 35.0 Å². The van der Waals surface area contributed by atoms with Crippen molar-refractivity contribution < 1.29 is 14.1 Å². The molecule has 4 aromatic rings. The third-order valence-electron chi connectivity index (χ3n) is 4.83. The quantitative estimate of drug-likeness (QED) is 0.349. The molecule has 0 fully saturated rings. The van der Waals surface area contributed by atoms with E-state index in [0.717, 1.165) is 0 Å². The zero-order valence-electron chi connectivity index (χ0n) is 17.2. The van der Waals surface area contributed by atoms with Gasteiger partial charge < -0.3 is 9.73 Å². The van der Waals surface area contributed by atoms with Gasteiger partial charge in [-0.15, -0.1) is 0 Å². The molecular weight excluding hydrogens is 416 g/mol. The topological polar surface area (TPSA) is 149 Å². The number of nitro groups is 1. The van der Waals surface area contributed by atoms with Crippen LogP contribution in [0.3, 0.4) is 0 Å². The lowest BCUT2D eigenvalue weighted by atomic mass is 10.2. The first-order chi connectivity index (χ1) is 15.4. The Balaban J connectivity index is 1.75. The summed E-state index contributed by atoms with van der Waals surface area (Å²) < 4.78 is 6.69. The minimum atomic E-state index is -0.545. The zero-order valence-corrected chi connectivity index (χ0v) is 17.2. The first kappa shape index (κ1) is 20.7. The maximum absolute atomic E-state index is 12.8. The number of nitro benzene ring substituents is 1. The SMILES string of the molecule is CCc1c(C)nc(-n2nc(-c3ccco3)cc2NC(=O)c2ccc([N+](=O)[O-])cc2)[nH]c1=O. The van der Waals surface area contributed by atoms with Gasteiger partial charge in [0.15, 0.2) is 5.76 Å². The van der Waals surface area contributed by atoms with Gasteiger partial charge in [-0.05, 0) is 37.6 Å². The van der Waals surface area contributed by atoms with Crippen molar-refractivity contribution in [3.05, 3.63) is 86.0 Å². The number of nitrogens with one attached hydrogen (secondary N) is 2. The Kier molecular flexibility index (Phi) is 5.37. The highest BCUT2D eigenvalue weighted by molar-refractivity contribution is 6.04. The van der Waals surface area contributed by atoms with Crippen molar-refractivity contribution in [1.29, 1.82) is 0 Å². The van der Waals surface area contributed by atoms with Crippen LogP contribution in [0, 0.1) is 17.0 Å². The number of hydrogen-bond acceptors (Lipinski definition) is 7. The van der Waals surface area contributed by atoms with Crippen molar-refractivity contribution in [2.45, 2.75) is 20.3 Å². The molecule has 32 heavy (non-hydrogen) atoms. The zero-order chi connectivity index (χ0) is 22.8. The molecule has 0 radical (unpaired) electrons. The molecule has 11 nitrogen and oxygen atoms in total. The first-order valence-corrected chi connectivity index (χ1v) is 9.67. The Labute approximate surface area is 180 Å². The number of aryl methyl sites for hydroxylation is 1. The van der Waals surface area contributed by atoms with Crippen molar-refractivity contribution in [2.75, 3.05) is 5.32 Å². The van der Waals surface area contributed by atoms with E-state index >= 15 is 0 Å². The maximum atomic E-state index is 12.8. The van der Waals surface area contributed by atoms with E-state index in [2.05, 4.69) is 20.4 Å². The summed E-state index contributed by atoms with van der Waals surface area (Å²) in [5.74, 6) is 0.295. The van der Waals surface area contributed by atoms with Crippen molar-refractivity contribution in [3.63, 3.8) is 0 Å². The van der Waals surface area contributed by atoms with Crippen LogP contribution in [0.5, 0.6) is 0 Å². The number of carbonyl (C=O) groups is 1. The van der Waals surface area contributed by atoms with Gasteiger partial charge in [0.25, 0.3) is 17.2 Å². The maximum Gasteiger partial charge on any atom is 0.269 e. The fraction of sp³-hybridized carbons (Fsp3) is 0.143. The van der Waals surface area contributed by atoms with E-state index in [1.807, 2.05) is 6.92 Å². The molecular formula is C21H18N6O5. The molecule has 162 valence electrons. The summed E-state index contributed by atoms with van der Waals surface area (Å²) in [5.41, 5.74) is 1.31. The smallest absolute Gasteiger partial charge is 0.269 e. The standard InChI is InChI=1S/C21H18N6O5/c1-3-15-12(2)22-21(24-20(15)29)26-18(11-16(25-26)17-5-4-10-32-17)23-19(28)13-6-8-14(9-7-13)27(30)31/h4-11H,3H2,1-2H3,(H,23,28)(H,22,24,29). The first-order valence-electron chi connectivity index (χ1n) is 9.67. The average Bonchev–Trinajstić information content (AvgIpc) is 3.43. The third-order valence-corrected chi connectivity index (χ3v) is 4.83. The molecule has 0 spiro atoms. The van der Waals surface area contributed by atoms with Gasteiger partial charge in [-0.25, -0.2) is 4.98 Å². The number of aromatic amines is 1. The van der Waals surface area contributed by atoms with Crippen molar-refractivity contribution in [1.82, 2.24) is 19.7 Å². The van der Waals surface area contributed by atoms with Crippen molar-refractivity contribution in [2.24, 2.45) is 0 Å². The number of furan rings is 1. The number of anilines is 1. The normalized spacial score (nSPS) is 10.8. The van der Waals surface area contributed by atoms with Crippen LogP contribution in [0.25, 0.3) is 17.4 Å². The number of benzene rings is 1. The molecule has 0 aliphatic carbocycles. The number of carbonyl (C=O) groups excluding carboxylic acids is 1. The number of H-pyrrole nitrogens is 1. The van der Waals surface area contributed by atoms with Crippen LogP contribution in [0.1, 0.15) is 28.5 Å². The lowest BCUT2D eigenvalue weighted by Crippen LogP contribution is -2.22. The highest BCUT2D eigenvalue weighted by Crippen LogP contribution is 2.25. The van der Waals surface area contributed by atoms with Crippen LogP contribution in [0.4, 0.5) is 11.5 Å². The molecule has 4 rings (SSSR count). The Bertz CT molecular complexity index is 1350. The fourth-order valence-electron chi connectivity index (χ4n) is 3.21. The van der Waals surface area contributed by atoms with Crippen molar-refractivity contribution >= 4 is 17.4 Å². The second kappa shape index (κ2) is 8.30. The second-order valence-corrected chi connectivity index (χ2v) is 6.87. The van der Waals surface area contributed by atoms with E-state index in [9.17, 15) is 19.7 Å². The summed E-state index contributed by atoms with van der Waals surface area (Å²) in [6.45, 7) is 3.58. The Morgan fingerprint density at radius 3 is 2.62 bits per heavy atom. The number of hydrogen-bond donors (Lipinski definition) is 2. The highest BCUT2D eigenvalue weighted by Gasteiger charge is 2.19. The van der Waals surface area contributed by atoms with Crippen LogP contribution in [-0.4, -0.2) is 30.6 Å². The van der Waals surface area contributed by atoms with E-state index in [0.29, 0.717) is 29.1 Å². The highest BCUT2D eigenvalue weighted by atomic mass is 16.6. The molecule has 0 bridgehead atoms. The summed E-state index contributed by atoms with van der Waals surface area (Å²) in [5, 5.41) is 18.0. The van der Waals surface area contributed by atoms with E-state index in [-0.39, 0.29) is 28.6 Å². The van der Waals surface area contributed by atoms with E-state index < -0.39 is 10.8 Å². The van der Waals surface area contributed by atoms with Crippen LogP contribution in [-0.2, 0) is 6.42 Å². The Morgan fingerprint density at radius 2 is 2.03 bits per heavy atom. The summed E-state index contributed by atoms with van der Waals surface area (Å²) in [7, 11) is 0. The minimum Gasteiger partial charge on any atom is -0.463 e. The molecule has 0 saturated heterocycles. The van der Waals surface area contributed by atoms with Crippen LogP contribution >= 0.6 is 0 Å². The monoisotopic (exact) mass is 434 g/mol. The van der Waals surface area contributed by atoms with E-state index in [1.54, 1.807) is 25.1 Å². The van der Waals surface area contributed by atoms with Crippen LogP contribution in [0.2, 0.25) is 0 Å². The fourth-order valence-corrected chi connectivity index (χ4v) is 3.21. The summed E-state index contributed by atoms with van der Waals surface area (Å²) in [4.78, 5) is 42.6. The lowest BCUT2D eigenvalue weighted by molar-refractivity contribution is -0.384. The number of aromatic nitrogens is 4. The molecule has 0 atom stereocenters. The largest absolute Gasteiger partial charge is 0.463 e. The molecule has 0 unspecified atom stereocenters. The van der Waals surface area contributed by atoms with Crippen molar-refractivity contribution in [3.8, 4) is 17.4 Å². The van der Waals surface area contributed by atoms with E-state index in [4.69, 9.17) is 4.42 Å². The van der Waals surface area contributed by atoms with Gasteiger partial charge in [-0.2, -0.15) is 9.78 Å². The molecule has 0 aliphatic heterocycles. The molecule has 0 aliphatic rings. The summed E-state index contributed by atoms with van der Waals surface area (Å²) >= 11 is 0. The second-order valence-electron chi connectivity index (χ2n) is 6.87. The predicted octanol–water partition coefficient (Wildman–Crippen LogP) is 3.25. The summed E-state index contributed by atoms with van der Waals surface area (Å²) in [6.07, 6.45) is 2.01. The molecule has 2 N–H and O–H groups in total.